The SMILES string of the molecule is CC(C)N[C@@H](C)C(=O)N[C@H](C(=O)N[C@@H](C)C(=O)N[C@H](C(=O)C(C)C)C(C)C)C(C)C. The highest BCUT2D eigenvalue weighted by Gasteiger charge is 2.31. The second-order valence-electron chi connectivity index (χ2n) is 9.29. The quantitative estimate of drug-likeness (QED) is 0.376. The molecule has 30 heavy (non-hydrogen) atoms. The minimum Gasteiger partial charge on any atom is -0.344 e. The monoisotopic (exact) mass is 426 g/mol. The zero-order chi connectivity index (χ0) is 23.8. The van der Waals surface area contributed by atoms with Crippen LogP contribution in [-0.2, 0) is 19.2 Å². The lowest BCUT2D eigenvalue weighted by Gasteiger charge is -2.27. The maximum absolute atomic E-state index is 12.7. The molecule has 0 aliphatic rings. The number of rotatable bonds is 12. The zero-order valence-corrected chi connectivity index (χ0v) is 20.3. The first-order valence-corrected chi connectivity index (χ1v) is 10.9. The smallest absolute Gasteiger partial charge is 0.243 e. The number of hydrogen-bond donors (Lipinski definition) is 4. The summed E-state index contributed by atoms with van der Waals surface area (Å²) >= 11 is 0. The standard InChI is InChI=1S/C22H42N4O4/c1-11(2)17(19(27)13(5)6)25-21(29)16(10)24-22(30)18(12(3)4)26-20(28)15(9)23-14(7)8/h11-18,23H,1-10H3,(H,24,30)(H,25,29)(H,26,28)/t15-,16-,17-,18-/m0/s1. The normalized spacial score (nSPS) is 15.7. The van der Waals surface area contributed by atoms with Crippen molar-refractivity contribution >= 4 is 23.5 Å². The Morgan fingerprint density at radius 2 is 0.967 bits per heavy atom. The Bertz CT molecular complexity index is 602. The zero-order valence-electron chi connectivity index (χ0n) is 20.3. The van der Waals surface area contributed by atoms with Crippen molar-refractivity contribution < 1.29 is 19.2 Å². The molecule has 0 heterocycles. The molecule has 0 aliphatic heterocycles. The third kappa shape index (κ3) is 9.24. The van der Waals surface area contributed by atoms with Gasteiger partial charge in [-0.05, 0) is 25.7 Å². The van der Waals surface area contributed by atoms with Gasteiger partial charge in [0.05, 0.1) is 12.1 Å². The molecule has 0 rings (SSSR count). The van der Waals surface area contributed by atoms with Crippen LogP contribution in [0.15, 0.2) is 0 Å². The predicted octanol–water partition coefficient (Wildman–Crippen LogP) is 1.38. The van der Waals surface area contributed by atoms with E-state index in [-0.39, 0.29) is 35.5 Å². The first-order valence-electron chi connectivity index (χ1n) is 10.9. The average molecular weight is 427 g/mol. The lowest BCUT2D eigenvalue weighted by Crippen LogP contribution is -2.58. The van der Waals surface area contributed by atoms with Gasteiger partial charge in [-0.25, -0.2) is 0 Å². The molecule has 0 saturated heterocycles. The molecule has 174 valence electrons. The van der Waals surface area contributed by atoms with Gasteiger partial charge in [-0.2, -0.15) is 0 Å². The second-order valence-corrected chi connectivity index (χ2v) is 9.29. The second kappa shape index (κ2) is 12.7. The van der Waals surface area contributed by atoms with Gasteiger partial charge in [0.2, 0.25) is 17.7 Å². The van der Waals surface area contributed by atoms with Gasteiger partial charge in [-0.15, -0.1) is 0 Å². The summed E-state index contributed by atoms with van der Waals surface area (Å²) in [5.74, 6) is -1.63. The molecule has 4 atom stereocenters. The summed E-state index contributed by atoms with van der Waals surface area (Å²) in [6.07, 6.45) is 0. The van der Waals surface area contributed by atoms with Gasteiger partial charge < -0.3 is 21.3 Å². The number of Topliss-reactive ketones (excluding diaryl/α,β-unsaturated/α-hetero) is 1. The number of hydrogen-bond acceptors (Lipinski definition) is 5. The number of nitrogens with one attached hydrogen (secondary N) is 4. The van der Waals surface area contributed by atoms with E-state index >= 15 is 0 Å². The molecule has 0 aromatic rings. The van der Waals surface area contributed by atoms with Gasteiger partial charge in [0, 0.05) is 12.0 Å². The van der Waals surface area contributed by atoms with E-state index in [1.54, 1.807) is 27.7 Å². The van der Waals surface area contributed by atoms with E-state index in [2.05, 4.69) is 21.3 Å². The van der Waals surface area contributed by atoms with Gasteiger partial charge in [0.1, 0.15) is 12.1 Å². The van der Waals surface area contributed by atoms with Crippen LogP contribution in [0.3, 0.4) is 0 Å². The van der Waals surface area contributed by atoms with Crippen LogP contribution in [0.25, 0.3) is 0 Å². The van der Waals surface area contributed by atoms with Crippen LogP contribution in [0.2, 0.25) is 0 Å². The first-order chi connectivity index (χ1) is 13.7. The molecule has 0 fully saturated rings. The third-order valence-electron chi connectivity index (χ3n) is 4.82. The Morgan fingerprint density at radius 1 is 0.533 bits per heavy atom. The molecule has 3 amide bonds. The molecular formula is C22H42N4O4. The van der Waals surface area contributed by atoms with Crippen molar-refractivity contribution in [3.8, 4) is 0 Å². The first kappa shape index (κ1) is 28.0. The van der Waals surface area contributed by atoms with E-state index in [9.17, 15) is 19.2 Å². The van der Waals surface area contributed by atoms with Crippen molar-refractivity contribution in [2.45, 2.75) is 99.4 Å². The van der Waals surface area contributed by atoms with Crippen molar-refractivity contribution in [2.75, 3.05) is 0 Å². The summed E-state index contributed by atoms with van der Waals surface area (Å²) in [5, 5.41) is 11.3. The van der Waals surface area contributed by atoms with Gasteiger partial charge in [0.25, 0.3) is 0 Å². The highest BCUT2D eigenvalue weighted by Crippen LogP contribution is 2.10. The van der Waals surface area contributed by atoms with Gasteiger partial charge in [0.15, 0.2) is 5.78 Å². The lowest BCUT2D eigenvalue weighted by atomic mass is 9.93. The number of amides is 3. The summed E-state index contributed by atoms with van der Waals surface area (Å²) < 4.78 is 0. The van der Waals surface area contributed by atoms with Crippen LogP contribution >= 0.6 is 0 Å². The predicted molar refractivity (Wildman–Crippen MR) is 119 cm³/mol. The average Bonchev–Trinajstić information content (AvgIpc) is 2.61. The fourth-order valence-electron chi connectivity index (χ4n) is 2.96. The molecule has 0 aliphatic carbocycles. The van der Waals surface area contributed by atoms with Crippen molar-refractivity contribution in [1.82, 2.24) is 21.3 Å². The Labute approximate surface area is 181 Å². The topological polar surface area (TPSA) is 116 Å². The van der Waals surface area contributed by atoms with Crippen molar-refractivity contribution in [2.24, 2.45) is 17.8 Å². The van der Waals surface area contributed by atoms with E-state index in [1.807, 2.05) is 41.5 Å². The number of ketones is 1. The Morgan fingerprint density at radius 3 is 1.37 bits per heavy atom. The summed E-state index contributed by atoms with van der Waals surface area (Å²) in [5.41, 5.74) is 0. The summed E-state index contributed by atoms with van der Waals surface area (Å²) in [7, 11) is 0. The largest absolute Gasteiger partial charge is 0.344 e. The molecule has 0 radical (unpaired) electrons. The number of carbonyl (C=O) groups excluding carboxylic acids is 4. The molecule has 0 aromatic heterocycles. The highest BCUT2D eigenvalue weighted by atomic mass is 16.2. The maximum atomic E-state index is 12.7. The lowest BCUT2D eigenvalue weighted by molar-refractivity contribution is -0.134. The van der Waals surface area contributed by atoms with Crippen LogP contribution < -0.4 is 21.3 Å². The van der Waals surface area contributed by atoms with Gasteiger partial charge in [-0.3, -0.25) is 19.2 Å². The minimum atomic E-state index is -0.844. The van der Waals surface area contributed by atoms with Crippen molar-refractivity contribution in [1.29, 1.82) is 0 Å². The molecule has 4 N–H and O–H groups in total. The van der Waals surface area contributed by atoms with Crippen LogP contribution in [0.5, 0.6) is 0 Å². The molecule has 8 heteroatoms. The highest BCUT2D eigenvalue weighted by molar-refractivity contribution is 5.95. The van der Waals surface area contributed by atoms with Gasteiger partial charge in [-0.1, -0.05) is 55.4 Å². The van der Waals surface area contributed by atoms with E-state index < -0.39 is 36.0 Å². The summed E-state index contributed by atoms with van der Waals surface area (Å²) in [6, 6.07) is -2.55. The van der Waals surface area contributed by atoms with Crippen molar-refractivity contribution in [3.63, 3.8) is 0 Å². The Balaban J connectivity index is 5.09. The third-order valence-corrected chi connectivity index (χ3v) is 4.82. The van der Waals surface area contributed by atoms with Crippen LogP contribution in [0.4, 0.5) is 0 Å². The van der Waals surface area contributed by atoms with E-state index in [0.717, 1.165) is 0 Å². The Hall–Kier alpha value is -1.96. The molecule has 0 spiro atoms. The molecular weight excluding hydrogens is 384 g/mol. The maximum Gasteiger partial charge on any atom is 0.243 e. The van der Waals surface area contributed by atoms with Crippen molar-refractivity contribution in [3.05, 3.63) is 0 Å². The summed E-state index contributed by atoms with van der Waals surface area (Å²) in [6.45, 7) is 18.1. The van der Waals surface area contributed by atoms with Crippen LogP contribution in [0, 0.1) is 17.8 Å². The van der Waals surface area contributed by atoms with E-state index in [4.69, 9.17) is 0 Å². The fourth-order valence-corrected chi connectivity index (χ4v) is 2.96. The van der Waals surface area contributed by atoms with E-state index in [1.165, 1.54) is 0 Å². The molecule has 0 unspecified atom stereocenters. The molecule has 0 aromatic carbocycles. The van der Waals surface area contributed by atoms with Crippen LogP contribution in [-0.4, -0.2) is 53.7 Å². The summed E-state index contributed by atoms with van der Waals surface area (Å²) in [4.78, 5) is 50.1. The van der Waals surface area contributed by atoms with Crippen LogP contribution in [0.1, 0.15) is 69.2 Å². The molecule has 0 bridgehead atoms. The molecule has 0 saturated carbocycles. The Kier molecular flexibility index (Phi) is 11.8. The number of carbonyl (C=O) groups is 4. The van der Waals surface area contributed by atoms with E-state index in [0.29, 0.717) is 0 Å². The van der Waals surface area contributed by atoms with Gasteiger partial charge >= 0.3 is 0 Å². The molecule has 8 nitrogen and oxygen atoms in total. The fraction of sp³-hybridized carbons (Fsp3) is 0.818. The minimum absolute atomic E-state index is 0.0455.